The quantitative estimate of drug-likeness (QED) is 0.827. The first-order chi connectivity index (χ1) is 8.63. The highest BCUT2D eigenvalue weighted by Crippen LogP contribution is 2.24. The highest BCUT2D eigenvalue weighted by molar-refractivity contribution is 7.93. The molecule has 0 radical (unpaired) electrons. The zero-order valence-electron chi connectivity index (χ0n) is 10.7. The van der Waals surface area contributed by atoms with Crippen LogP contribution in [0, 0.1) is 0 Å². The maximum atomic E-state index is 11.8. The van der Waals surface area contributed by atoms with Crippen molar-refractivity contribution >= 4 is 15.7 Å². The summed E-state index contributed by atoms with van der Waals surface area (Å²) in [6, 6.07) is 7.77. The molecule has 4 nitrogen and oxygen atoms in total. The third kappa shape index (κ3) is 3.03. The number of nitrogens with zero attached hydrogens (tertiary/aromatic N) is 1. The van der Waals surface area contributed by atoms with Gasteiger partial charge in [-0.25, -0.2) is 8.42 Å². The number of benzene rings is 1. The molecule has 1 fully saturated rings. The van der Waals surface area contributed by atoms with Gasteiger partial charge >= 0.3 is 0 Å². The van der Waals surface area contributed by atoms with Crippen molar-refractivity contribution in [1.29, 1.82) is 0 Å². The molecule has 1 aromatic carbocycles. The van der Waals surface area contributed by atoms with E-state index in [0.29, 0.717) is 6.54 Å². The van der Waals surface area contributed by atoms with Gasteiger partial charge in [-0.3, -0.25) is 4.31 Å². The summed E-state index contributed by atoms with van der Waals surface area (Å²) < 4.78 is 25.1. The molecular formula is C13H20N2O2S. The van der Waals surface area contributed by atoms with Gasteiger partial charge in [0.15, 0.2) is 0 Å². The summed E-state index contributed by atoms with van der Waals surface area (Å²) in [4.78, 5) is 0. The van der Waals surface area contributed by atoms with Crippen LogP contribution in [0.25, 0.3) is 0 Å². The molecule has 18 heavy (non-hydrogen) atoms. The molecule has 5 heteroatoms. The zero-order chi connectivity index (χ0) is 13.0. The Bertz CT molecular complexity index is 482. The van der Waals surface area contributed by atoms with Crippen LogP contribution in [0.5, 0.6) is 0 Å². The summed E-state index contributed by atoms with van der Waals surface area (Å²) in [7, 11) is -3.06. The van der Waals surface area contributed by atoms with Gasteiger partial charge in [0.2, 0.25) is 10.0 Å². The highest BCUT2D eigenvalue weighted by atomic mass is 32.2. The summed E-state index contributed by atoms with van der Waals surface area (Å²) in [6.07, 6.45) is 1.84. The van der Waals surface area contributed by atoms with E-state index in [9.17, 15) is 8.42 Å². The van der Waals surface area contributed by atoms with E-state index in [2.05, 4.69) is 12.2 Å². The number of nitrogens with one attached hydrogen (secondary N) is 1. The van der Waals surface area contributed by atoms with Crippen molar-refractivity contribution in [3.8, 4) is 0 Å². The van der Waals surface area contributed by atoms with Gasteiger partial charge in [-0.2, -0.15) is 0 Å². The van der Waals surface area contributed by atoms with Crippen molar-refractivity contribution in [2.45, 2.75) is 26.3 Å². The molecule has 2 rings (SSSR count). The average Bonchev–Trinajstić information content (AvgIpc) is 2.70. The molecule has 1 heterocycles. The van der Waals surface area contributed by atoms with Crippen LogP contribution in [0.1, 0.15) is 25.3 Å². The summed E-state index contributed by atoms with van der Waals surface area (Å²) in [6.45, 7) is 4.58. The van der Waals surface area contributed by atoms with Gasteiger partial charge in [-0.05, 0) is 37.1 Å². The van der Waals surface area contributed by atoms with Crippen LogP contribution in [-0.2, 0) is 16.6 Å². The smallest absolute Gasteiger partial charge is 0.235 e. The van der Waals surface area contributed by atoms with E-state index in [1.807, 2.05) is 24.3 Å². The molecule has 0 spiro atoms. The Morgan fingerprint density at radius 3 is 2.56 bits per heavy atom. The summed E-state index contributed by atoms with van der Waals surface area (Å²) in [5.41, 5.74) is 1.97. The van der Waals surface area contributed by atoms with Crippen LogP contribution in [-0.4, -0.2) is 27.3 Å². The Morgan fingerprint density at radius 1 is 1.28 bits per heavy atom. The highest BCUT2D eigenvalue weighted by Gasteiger charge is 2.28. The minimum Gasteiger partial charge on any atom is -0.313 e. The molecule has 0 saturated carbocycles. The van der Waals surface area contributed by atoms with Crippen molar-refractivity contribution in [2.24, 2.45) is 0 Å². The fourth-order valence-electron chi connectivity index (χ4n) is 2.12. The number of rotatable bonds is 5. The van der Waals surface area contributed by atoms with Crippen molar-refractivity contribution in [2.75, 3.05) is 23.1 Å². The van der Waals surface area contributed by atoms with Crippen LogP contribution in [0.3, 0.4) is 0 Å². The second kappa shape index (κ2) is 5.71. The molecule has 0 aliphatic carbocycles. The Hall–Kier alpha value is -1.07. The molecular weight excluding hydrogens is 248 g/mol. The molecule has 0 unspecified atom stereocenters. The zero-order valence-corrected chi connectivity index (χ0v) is 11.5. The minimum absolute atomic E-state index is 0.271. The molecule has 1 aliphatic rings. The summed E-state index contributed by atoms with van der Waals surface area (Å²) in [5, 5.41) is 3.32. The van der Waals surface area contributed by atoms with Gasteiger partial charge in [0.05, 0.1) is 11.4 Å². The monoisotopic (exact) mass is 268 g/mol. The van der Waals surface area contributed by atoms with Gasteiger partial charge in [0.1, 0.15) is 0 Å². The Labute approximate surface area is 109 Å². The lowest BCUT2D eigenvalue weighted by Gasteiger charge is -2.17. The van der Waals surface area contributed by atoms with E-state index in [-0.39, 0.29) is 5.75 Å². The fourth-order valence-corrected chi connectivity index (χ4v) is 3.68. The topological polar surface area (TPSA) is 49.4 Å². The lowest BCUT2D eigenvalue weighted by molar-refractivity contribution is 0.599. The van der Waals surface area contributed by atoms with E-state index in [4.69, 9.17) is 0 Å². The molecule has 100 valence electrons. The predicted octanol–water partition coefficient (Wildman–Crippen LogP) is 1.73. The molecule has 1 aliphatic heterocycles. The Kier molecular flexibility index (Phi) is 4.24. The van der Waals surface area contributed by atoms with Crippen LogP contribution < -0.4 is 9.62 Å². The number of anilines is 1. The summed E-state index contributed by atoms with van der Waals surface area (Å²) in [5.74, 6) is 0.271. The largest absolute Gasteiger partial charge is 0.313 e. The second-order valence-electron chi connectivity index (χ2n) is 4.58. The summed E-state index contributed by atoms with van der Waals surface area (Å²) >= 11 is 0. The van der Waals surface area contributed by atoms with Crippen LogP contribution in [0.2, 0.25) is 0 Å². The molecule has 1 aromatic rings. The van der Waals surface area contributed by atoms with E-state index in [0.717, 1.165) is 31.6 Å². The van der Waals surface area contributed by atoms with E-state index in [1.54, 1.807) is 0 Å². The molecule has 0 bridgehead atoms. The third-order valence-electron chi connectivity index (χ3n) is 3.08. The SMILES string of the molecule is CCCNCc1ccc(N2CCCS2(=O)=O)cc1. The molecule has 0 atom stereocenters. The van der Waals surface area contributed by atoms with Gasteiger partial charge < -0.3 is 5.32 Å². The van der Waals surface area contributed by atoms with Crippen LogP contribution in [0.4, 0.5) is 5.69 Å². The molecule has 0 aromatic heterocycles. The lowest BCUT2D eigenvalue weighted by Crippen LogP contribution is -2.25. The van der Waals surface area contributed by atoms with Crippen molar-refractivity contribution in [3.63, 3.8) is 0 Å². The fraction of sp³-hybridized carbons (Fsp3) is 0.538. The predicted molar refractivity (Wildman–Crippen MR) is 74.2 cm³/mol. The number of hydrogen-bond donors (Lipinski definition) is 1. The van der Waals surface area contributed by atoms with E-state index < -0.39 is 10.0 Å². The first kappa shape index (κ1) is 13.4. The third-order valence-corrected chi connectivity index (χ3v) is 4.95. The molecule has 1 saturated heterocycles. The van der Waals surface area contributed by atoms with Gasteiger partial charge in [-0.1, -0.05) is 19.1 Å². The minimum atomic E-state index is -3.06. The first-order valence-electron chi connectivity index (χ1n) is 6.43. The number of sulfonamides is 1. The maximum absolute atomic E-state index is 11.8. The Balaban J connectivity index is 2.03. The van der Waals surface area contributed by atoms with Crippen molar-refractivity contribution in [3.05, 3.63) is 29.8 Å². The average molecular weight is 268 g/mol. The van der Waals surface area contributed by atoms with Gasteiger partial charge in [0.25, 0.3) is 0 Å². The lowest BCUT2D eigenvalue weighted by atomic mass is 10.2. The number of hydrogen-bond acceptors (Lipinski definition) is 3. The van der Waals surface area contributed by atoms with Crippen LogP contribution in [0.15, 0.2) is 24.3 Å². The normalized spacial score (nSPS) is 18.2. The van der Waals surface area contributed by atoms with E-state index >= 15 is 0 Å². The van der Waals surface area contributed by atoms with Gasteiger partial charge in [0, 0.05) is 13.1 Å². The van der Waals surface area contributed by atoms with Crippen molar-refractivity contribution < 1.29 is 8.42 Å². The maximum Gasteiger partial charge on any atom is 0.235 e. The second-order valence-corrected chi connectivity index (χ2v) is 6.60. The van der Waals surface area contributed by atoms with Gasteiger partial charge in [-0.15, -0.1) is 0 Å². The van der Waals surface area contributed by atoms with Crippen molar-refractivity contribution in [1.82, 2.24) is 5.32 Å². The van der Waals surface area contributed by atoms with E-state index in [1.165, 1.54) is 9.87 Å². The molecule has 1 N–H and O–H groups in total. The Morgan fingerprint density at radius 2 is 2.00 bits per heavy atom. The standard InChI is InChI=1S/C13H20N2O2S/c1-2-8-14-11-12-4-6-13(7-5-12)15-9-3-10-18(15,16)17/h4-7,14H,2-3,8-11H2,1H3. The van der Waals surface area contributed by atoms with Crippen LogP contribution >= 0.6 is 0 Å². The first-order valence-corrected chi connectivity index (χ1v) is 8.04. The molecule has 0 amide bonds.